The summed E-state index contributed by atoms with van der Waals surface area (Å²) in [5.41, 5.74) is 0. The normalized spacial score (nSPS) is 20.8. The maximum atomic E-state index is 8.00. The highest BCUT2D eigenvalue weighted by Crippen LogP contribution is 2.03. The third kappa shape index (κ3) is 3.83. The van der Waals surface area contributed by atoms with Gasteiger partial charge in [0.05, 0.1) is 0 Å². The second-order valence-electron chi connectivity index (χ2n) is 3.04. The SMILES string of the molecule is C=O.CCC(C)N1CCNCC1. The van der Waals surface area contributed by atoms with Crippen molar-refractivity contribution in [1.82, 2.24) is 10.2 Å². The van der Waals surface area contributed by atoms with Crippen LogP contribution in [0, 0.1) is 0 Å². The third-order valence-corrected chi connectivity index (χ3v) is 2.37. The number of carbonyl (C=O) groups excluding carboxylic acids is 1. The number of piperazine rings is 1. The van der Waals surface area contributed by atoms with Crippen LogP contribution in [0.3, 0.4) is 0 Å². The maximum absolute atomic E-state index is 8.00. The number of nitrogens with one attached hydrogen (secondary N) is 1. The summed E-state index contributed by atoms with van der Waals surface area (Å²) in [4.78, 5) is 10.6. The molecule has 0 bridgehead atoms. The fourth-order valence-electron chi connectivity index (χ4n) is 1.38. The minimum atomic E-state index is 0.780. The Morgan fingerprint density at radius 2 is 1.92 bits per heavy atom. The first-order valence-electron chi connectivity index (χ1n) is 4.58. The van der Waals surface area contributed by atoms with Crippen LogP contribution in [0.15, 0.2) is 0 Å². The summed E-state index contributed by atoms with van der Waals surface area (Å²) in [6.45, 7) is 11.4. The molecule has 1 aliphatic heterocycles. The maximum Gasteiger partial charge on any atom is 0.106 e. The van der Waals surface area contributed by atoms with E-state index in [1.807, 2.05) is 6.79 Å². The minimum absolute atomic E-state index is 0.780. The van der Waals surface area contributed by atoms with Gasteiger partial charge in [-0.2, -0.15) is 0 Å². The monoisotopic (exact) mass is 172 g/mol. The molecule has 1 saturated heterocycles. The minimum Gasteiger partial charge on any atom is -0.314 e. The largest absolute Gasteiger partial charge is 0.314 e. The highest BCUT2D eigenvalue weighted by Gasteiger charge is 2.13. The van der Waals surface area contributed by atoms with Crippen LogP contribution < -0.4 is 5.32 Å². The predicted octanol–water partition coefficient (Wildman–Crippen LogP) is 0.505. The molecule has 0 radical (unpaired) electrons. The van der Waals surface area contributed by atoms with E-state index in [4.69, 9.17) is 4.79 Å². The van der Waals surface area contributed by atoms with Gasteiger partial charge in [0, 0.05) is 32.2 Å². The Bertz CT molecular complexity index is 103. The van der Waals surface area contributed by atoms with Gasteiger partial charge >= 0.3 is 0 Å². The summed E-state index contributed by atoms with van der Waals surface area (Å²) in [5, 5.41) is 3.35. The molecule has 0 saturated carbocycles. The quantitative estimate of drug-likeness (QED) is 0.658. The van der Waals surface area contributed by atoms with Gasteiger partial charge in [-0.1, -0.05) is 6.92 Å². The van der Waals surface area contributed by atoms with E-state index in [9.17, 15) is 0 Å². The molecule has 1 aliphatic rings. The summed E-state index contributed by atoms with van der Waals surface area (Å²) in [6, 6.07) is 0.780. The second kappa shape index (κ2) is 7.25. The molecule has 0 amide bonds. The number of hydrogen-bond acceptors (Lipinski definition) is 3. The van der Waals surface area contributed by atoms with Crippen molar-refractivity contribution in [2.75, 3.05) is 26.2 Å². The van der Waals surface area contributed by atoms with Gasteiger partial charge in [-0.05, 0) is 13.3 Å². The average Bonchev–Trinajstić information content (AvgIpc) is 2.21. The molecule has 0 aromatic rings. The van der Waals surface area contributed by atoms with Crippen LogP contribution >= 0.6 is 0 Å². The van der Waals surface area contributed by atoms with Crippen LogP contribution in [-0.2, 0) is 4.79 Å². The van der Waals surface area contributed by atoms with Gasteiger partial charge in [0.25, 0.3) is 0 Å². The van der Waals surface area contributed by atoms with E-state index < -0.39 is 0 Å². The van der Waals surface area contributed by atoms with Gasteiger partial charge in [0.1, 0.15) is 6.79 Å². The lowest BCUT2D eigenvalue weighted by atomic mass is 10.2. The number of rotatable bonds is 2. The highest BCUT2D eigenvalue weighted by atomic mass is 16.1. The molecule has 3 nitrogen and oxygen atoms in total. The smallest absolute Gasteiger partial charge is 0.106 e. The van der Waals surface area contributed by atoms with E-state index in [1.54, 1.807) is 0 Å². The highest BCUT2D eigenvalue weighted by molar-refractivity contribution is 5.10. The number of carbonyl (C=O) groups is 1. The van der Waals surface area contributed by atoms with Crippen LogP contribution in [0.1, 0.15) is 20.3 Å². The molecule has 1 fully saturated rings. The van der Waals surface area contributed by atoms with Crippen molar-refractivity contribution in [1.29, 1.82) is 0 Å². The molecular formula is C9H20N2O. The van der Waals surface area contributed by atoms with Crippen molar-refractivity contribution in [3.05, 3.63) is 0 Å². The molecule has 1 N–H and O–H groups in total. The van der Waals surface area contributed by atoms with Crippen LogP contribution in [0.5, 0.6) is 0 Å². The molecule has 0 aromatic heterocycles. The third-order valence-electron chi connectivity index (χ3n) is 2.37. The van der Waals surface area contributed by atoms with E-state index in [1.165, 1.54) is 32.6 Å². The first-order chi connectivity index (χ1) is 5.84. The molecule has 1 heterocycles. The van der Waals surface area contributed by atoms with Gasteiger partial charge in [0.2, 0.25) is 0 Å². The van der Waals surface area contributed by atoms with Gasteiger partial charge in [-0.15, -0.1) is 0 Å². The molecule has 0 spiro atoms. The summed E-state index contributed by atoms with van der Waals surface area (Å²) < 4.78 is 0. The predicted molar refractivity (Wildman–Crippen MR) is 51.3 cm³/mol. The molecule has 0 aliphatic carbocycles. The lowest BCUT2D eigenvalue weighted by Crippen LogP contribution is -2.47. The van der Waals surface area contributed by atoms with E-state index >= 15 is 0 Å². The molecule has 0 aromatic carbocycles. The topological polar surface area (TPSA) is 32.3 Å². The van der Waals surface area contributed by atoms with Crippen LogP contribution in [0.4, 0.5) is 0 Å². The average molecular weight is 172 g/mol. The Labute approximate surface area is 75.1 Å². The van der Waals surface area contributed by atoms with Crippen molar-refractivity contribution in [3.63, 3.8) is 0 Å². The van der Waals surface area contributed by atoms with E-state index in [0.717, 1.165) is 6.04 Å². The molecular weight excluding hydrogens is 152 g/mol. The van der Waals surface area contributed by atoms with Crippen molar-refractivity contribution < 1.29 is 4.79 Å². The standard InChI is InChI=1S/C8H18N2.CH2O/c1-3-8(2)10-6-4-9-5-7-10;1-2/h8-9H,3-7H2,1-2H3;1H2. The fraction of sp³-hybridized carbons (Fsp3) is 0.889. The van der Waals surface area contributed by atoms with Gasteiger partial charge in [-0.3, -0.25) is 4.90 Å². The Morgan fingerprint density at radius 3 is 2.33 bits per heavy atom. The Morgan fingerprint density at radius 1 is 1.42 bits per heavy atom. The molecule has 1 atom stereocenters. The summed E-state index contributed by atoms with van der Waals surface area (Å²) >= 11 is 0. The van der Waals surface area contributed by atoms with E-state index in [0.29, 0.717) is 0 Å². The Balaban J connectivity index is 0.000000561. The lowest BCUT2D eigenvalue weighted by Gasteiger charge is -2.32. The summed E-state index contributed by atoms with van der Waals surface area (Å²) in [7, 11) is 0. The number of nitrogens with zero attached hydrogens (tertiary/aromatic N) is 1. The zero-order valence-electron chi connectivity index (χ0n) is 8.18. The summed E-state index contributed by atoms with van der Waals surface area (Å²) in [6.07, 6.45) is 1.28. The second-order valence-corrected chi connectivity index (χ2v) is 3.04. The van der Waals surface area contributed by atoms with E-state index in [2.05, 4.69) is 24.1 Å². The zero-order valence-corrected chi connectivity index (χ0v) is 8.18. The van der Waals surface area contributed by atoms with E-state index in [-0.39, 0.29) is 0 Å². The number of hydrogen-bond donors (Lipinski definition) is 1. The van der Waals surface area contributed by atoms with Crippen molar-refractivity contribution >= 4 is 6.79 Å². The summed E-state index contributed by atoms with van der Waals surface area (Å²) in [5.74, 6) is 0. The van der Waals surface area contributed by atoms with Crippen molar-refractivity contribution in [3.8, 4) is 0 Å². The fourth-order valence-corrected chi connectivity index (χ4v) is 1.38. The van der Waals surface area contributed by atoms with Gasteiger partial charge in [-0.25, -0.2) is 0 Å². The van der Waals surface area contributed by atoms with Crippen LogP contribution in [0.2, 0.25) is 0 Å². The first kappa shape index (κ1) is 11.6. The molecule has 72 valence electrons. The van der Waals surface area contributed by atoms with Crippen LogP contribution in [0.25, 0.3) is 0 Å². The molecule has 3 heteroatoms. The van der Waals surface area contributed by atoms with Gasteiger partial charge in [0.15, 0.2) is 0 Å². The lowest BCUT2D eigenvalue weighted by molar-refractivity contribution is -0.0979. The first-order valence-corrected chi connectivity index (χ1v) is 4.58. The Hall–Kier alpha value is -0.410. The van der Waals surface area contributed by atoms with Crippen LogP contribution in [-0.4, -0.2) is 43.9 Å². The zero-order chi connectivity index (χ0) is 9.40. The molecule has 12 heavy (non-hydrogen) atoms. The van der Waals surface area contributed by atoms with Crippen molar-refractivity contribution in [2.24, 2.45) is 0 Å². The Kier molecular flexibility index (Phi) is 7.00. The van der Waals surface area contributed by atoms with Gasteiger partial charge < -0.3 is 10.1 Å². The molecule has 1 rings (SSSR count). The molecule has 1 unspecified atom stereocenters. The van der Waals surface area contributed by atoms with Crippen molar-refractivity contribution in [2.45, 2.75) is 26.3 Å².